The summed E-state index contributed by atoms with van der Waals surface area (Å²) < 4.78 is 0.962. The first-order chi connectivity index (χ1) is 18.7. The van der Waals surface area contributed by atoms with Gasteiger partial charge in [0.1, 0.15) is 5.03 Å². The molecule has 0 heterocycles. The van der Waals surface area contributed by atoms with E-state index in [0.29, 0.717) is 5.03 Å². The lowest BCUT2D eigenvalue weighted by atomic mass is 10.1. The molecule has 0 N–H and O–H groups in total. The molecule has 0 saturated carbocycles. The van der Waals surface area contributed by atoms with Gasteiger partial charge in [-0.05, 0) is 91.7 Å². The fraction of sp³-hybridized carbons (Fsp3) is 0. The highest BCUT2D eigenvalue weighted by Crippen LogP contribution is 2.43. The van der Waals surface area contributed by atoms with Crippen LogP contribution in [0.25, 0.3) is 32.3 Å². The lowest BCUT2D eigenvalue weighted by Gasteiger charge is -2.10. The summed E-state index contributed by atoms with van der Waals surface area (Å²) in [6, 6.07) is 44.6. The molecule has 0 spiro atoms. The summed E-state index contributed by atoms with van der Waals surface area (Å²) in [5.41, 5.74) is 0. The molecule has 6 aromatic rings. The van der Waals surface area contributed by atoms with Crippen molar-refractivity contribution in [3.8, 4) is 11.2 Å². The van der Waals surface area contributed by atoms with Crippen LogP contribution in [-0.4, -0.2) is 0 Å². The van der Waals surface area contributed by atoms with E-state index in [2.05, 4.69) is 139 Å². The molecule has 0 bridgehead atoms. The lowest BCUT2D eigenvalue weighted by molar-refractivity contribution is 1.51. The van der Waals surface area contributed by atoms with Crippen molar-refractivity contribution in [3.05, 3.63) is 137 Å². The molecule has 38 heavy (non-hydrogen) atoms. The molecule has 6 aromatic carbocycles. The monoisotopic (exact) mass is 560 g/mol. The first-order valence-corrected chi connectivity index (χ1v) is 14.9. The minimum Gasteiger partial charge on any atom is -0.0805 e. The predicted octanol–water partition coefficient (Wildman–Crippen LogP) is 11.2. The Labute approximate surface area is 240 Å². The van der Waals surface area contributed by atoms with Gasteiger partial charge in [-0.3, -0.25) is 0 Å². The molecular formula is C34H21ClS3. The molecule has 0 aliphatic heterocycles. The quantitative estimate of drug-likeness (QED) is 0.152. The van der Waals surface area contributed by atoms with Gasteiger partial charge in [0.05, 0.1) is 4.24 Å². The van der Waals surface area contributed by atoms with E-state index in [4.69, 9.17) is 11.6 Å². The van der Waals surface area contributed by atoms with Crippen LogP contribution in [0.2, 0.25) is 0 Å². The molecule has 0 nitrogen and oxygen atoms in total. The van der Waals surface area contributed by atoms with E-state index in [9.17, 15) is 0 Å². The number of benzene rings is 6. The summed E-state index contributed by atoms with van der Waals surface area (Å²) in [6.45, 7) is 0. The number of fused-ring (bicyclic) bond motifs is 3. The van der Waals surface area contributed by atoms with Gasteiger partial charge in [-0.15, -0.1) is 0 Å². The largest absolute Gasteiger partial charge is 0.112 e. The average Bonchev–Trinajstić information content (AvgIpc) is 2.96. The van der Waals surface area contributed by atoms with Gasteiger partial charge >= 0.3 is 0 Å². The van der Waals surface area contributed by atoms with Crippen molar-refractivity contribution in [1.29, 1.82) is 0 Å². The highest BCUT2D eigenvalue weighted by Gasteiger charge is 2.10. The average molecular weight is 561 g/mol. The van der Waals surface area contributed by atoms with Crippen LogP contribution in [0.4, 0.5) is 0 Å². The molecule has 4 heteroatoms. The molecule has 182 valence electrons. The fourth-order valence-electron chi connectivity index (χ4n) is 4.20. The Hall–Kier alpha value is -3.26. The van der Waals surface area contributed by atoms with Gasteiger partial charge in [0.15, 0.2) is 0 Å². The zero-order valence-electron chi connectivity index (χ0n) is 20.2. The van der Waals surface area contributed by atoms with Crippen molar-refractivity contribution in [3.63, 3.8) is 0 Å². The Morgan fingerprint density at radius 3 is 1.34 bits per heavy atom. The summed E-state index contributed by atoms with van der Waals surface area (Å²) in [4.78, 5) is 3.37. The zero-order valence-corrected chi connectivity index (χ0v) is 23.4. The minimum atomic E-state index is 0.551. The van der Waals surface area contributed by atoms with Gasteiger partial charge < -0.3 is 0 Å². The number of hydrogen-bond donors (Lipinski definition) is 0. The predicted molar refractivity (Wildman–Crippen MR) is 170 cm³/mol. The highest BCUT2D eigenvalue weighted by atomic mass is 35.5. The smallest absolute Gasteiger partial charge is 0.0805 e. The molecule has 0 radical (unpaired) electrons. The van der Waals surface area contributed by atoms with Gasteiger partial charge in [0.25, 0.3) is 0 Å². The first-order valence-electron chi connectivity index (χ1n) is 12.1. The van der Waals surface area contributed by atoms with Gasteiger partial charge in [0, 0.05) is 14.7 Å². The number of halogens is 1. The molecule has 0 unspecified atom stereocenters. The van der Waals surface area contributed by atoms with E-state index in [1.54, 1.807) is 23.5 Å². The van der Waals surface area contributed by atoms with Crippen molar-refractivity contribution < 1.29 is 0 Å². The second-order valence-electron chi connectivity index (χ2n) is 8.66. The third kappa shape index (κ3) is 5.90. The number of rotatable bonds is 5. The number of hydrogen-bond acceptors (Lipinski definition) is 3. The normalized spacial score (nSPS) is 10.9. The van der Waals surface area contributed by atoms with Crippen molar-refractivity contribution in [2.45, 2.75) is 14.7 Å². The third-order valence-corrected chi connectivity index (χ3v) is 9.55. The van der Waals surface area contributed by atoms with E-state index < -0.39 is 0 Å². The second kappa shape index (κ2) is 11.6. The molecule has 0 amide bonds. The van der Waals surface area contributed by atoms with Crippen LogP contribution in [0.5, 0.6) is 0 Å². The van der Waals surface area contributed by atoms with Crippen molar-refractivity contribution in [2.75, 3.05) is 0 Å². The van der Waals surface area contributed by atoms with Crippen molar-refractivity contribution in [1.82, 2.24) is 0 Å². The standard InChI is InChI=1S/C34H21ClS3/c35-33(19-20-36-30-16-13-24-7-1-4-10-27(24)21-30)34(37-31-17-14-25-8-2-5-11-28(25)22-31)38-32-18-15-26-9-3-6-12-29(26)23-32/h1-18,21-23H. The van der Waals surface area contributed by atoms with E-state index in [0.717, 1.165) is 18.9 Å². The number of thioether (sulfide) groups is 3. The van der Waals surface area contributed by atoms with Crippen LogP contribution in [0.1, 0.15) is 0 Å². The Kier molecular flexibility index (Phi) is 7.67. The van der Waals surface area contributed by atoms with Crippen LogP contribution in [0.3, 0.4) is 0 Å². The van der Waals surface area contributed by atoms with E-state index in [-0.39, 0.29) is 0 Å². The van der Waals surface area contributed by atoms with Crippen LogP contribution in [0.15, 0.2) is 151 Å². The SMILES string of the molecule is ClC(C#CSc1ccc2ccccc2c1)=C(Sc1ccc2ccccc2c1)Sc1ccc2ccccc2c1. The zero-order chi connectivity index (χ0) is 25.7. The summed E-state index contributed by atoms with van der Waals surface area (Å²) in [6.07, 6.45) is 0. The van der Waals surface area contributed by atoms with Crippen LogP contribution < -0.4 is 0 Å². The molecule has 6 rings (SSSR count). The Balaban J connectivity index is 1.31. The van der Waals surface area contributed by atoms with Gasteiger partial charge in [-0.25, -0.2) is 0 Å². The van der Waals surface area contributed by atoms with E-state index in [1.807, 2.05) is 0 Å². The summed E-state index contributed by atoms with van der Waals surface area (Å²) in [7, 11) is 0. The fourth-order valence-corrected chi connectivity index (χ4v) is 7.22. The highest BCUT2D eigenvalue weighted by molar-refractivity contribution is 8.22. The number of allylic oxidation sites excluding steroid dienone is 1. The third-order valence-electron chi connectivity index (χ3n) is 6.09. The van der Waals surface area contributed by atoms with Crippen molar-refractivity contribution >= 4 is 79.2 Å². The molecule has 0 fully saturated rings. The topological polar surface area (TPSA) is 0 Å². The van der Waals surface area contributed by atoms with Gasteiger partial charge in [0.2, 0.25) is 0 Å². The summed E-state index contributed by atoms with van der Waals surface area (Å²) in [5, 5.41) is 11.1. The maximum atomic E-state index is 6.90. The Morgan fingerprint density at radius 2 is 0.868 bits per heavy atom. The lowest BCUT2D eigenvalue weighted by Crippen LogP contribution is -1.81. The first kappa shape index (κ1) is 25.0. The summed E-state index contributed by atoms with van der Waals surface area (Å²) >= 11 is 11.7. The molecule has 0 saturated heterocycles. The molecule has 0 aliphatic rings. The van der Waals surface area contributed by atoms with Crippen LogP contribution in [-0.2, 0) is 0 Å². The molecular weight excluding hydrogens is 540 g/mol. The second-order valence-corrected chi connectivity index (χ2v) is 12.3. The molecule has 0 atom stereocenters. The van der Waals surface area contributed by atoms with Gasteiger partial charge in [-0.1, -0.05) is 126 Å². The summed E-state index contributed by atoms with van der Waals surface area (Å²) in [5.74, 6) is 3.21. The maximum Gasteiger partial charge on any atom is 0.112 e. The van der Waals surface area contributed by atoms with Crippen molar-refractivity contribution in [2.24, 2.45) is 0 Å². The molecule has 0 aliphatic carbocycles. The van der Waals surface area contributed by atoms with E-state index >= 15 is 0 Å². The Morgan fingerprint density at radius 1 is 0.474 bits per heavy atom. The van der Waals surface area contributed by atoms with Gasteiger partial charge in [-0.2, -0.15) is 0 Å². The Bertz CT molecular complexity index is 1790. The van der Waals surface area contributed by atoms with Crippen LogP contribution >= 0.6 is 46.9 Å². The maximum absolute atomic E-state index is 6.90. The minimum absolute atomic E-state index is 0.551. The van der Waals surface area contributed by atoms with E-state index in [1.165, 1.54) is 44.1 Å². The molecule has 0 aromatic heterocycles. The van der Waals surface area contributed by atoms with Crippen LogP contribution in [0, 0.1) is 11.2 Å².